The summed E-state index contributed by atoms with van der Waals surface area (Å²) in [4.78, 5) is 4.51. The number of nitrogens with two attached hydrogens (primary N) is 1. The van der Waals surface area contributed by atoms with E-state index in [4.69, 9.17) is 5.73 Å². The van der Waals surface area contributed by atoms with Crippen LogP contribution in [0.1, 0.15) is 53.9 Å². The van der Waals surface area contributed by atoms with E-state index in [0.29, 0.717) is 24.0 Å². The van der Waals surface area contributed by atoms with Crippen molar-refractivity contribution >= 4 is 5.96 Å². The molecule has 0 spiro atoms. The minimum absolute atomic E-state index is 0.340. The van der Waals surface area contributed by atoms with Crippen LogP contribution in [-0.2, 0) is 0 Å². The number of hydrogen-bond acceptors (Lipinski definition) is 1. The Morgan fingerprint density at radius 2 is 1.67 bits per heavy atom. The summed E-state index contributed by atoms with van der Waals surface area (Å²) in [6.45, 7) is 10.8. The third kappa shape index (κ3) is 5.65. The van der Waals surface area contributed by atoms with E-state index in [1.54, 1.807) is 0 Å². The zero-order valence-corrected chi connectivity index (χ0v) is 10.9. The summed E-state index contributed by atoms with van der Waals surface area (Å²) in [5, 5.41) is 3.26. The van der Waals surface area contributed by atoms with Crippen molar-refractivity contribution in [2.75, 3.05) is 0 Å². The summed E-state index contributed by atoms with van der Waals surface area (Å²) in [5.41, 5.74) is 5.88. The molecule has 0 bridgehead atoms. The summed E-state index contributed by atoms with van der Waals surface area (Å²) in [6, 6.07) is 0.797. The van der Waals surface area contributed by atoms with Crippen LogP contribution in [0.15, 0.2) is 4.99 Å². The third-order valence-corrected chi connectivity index (χ3v) is 2.83. The SMILES string of the molecule is CCC(CC)NC(N)=NC(CC)C(C)C. The van der Waals surface area contributed by atoms with Crippen LogP contribution < -0.4 is 11.1 Å². The molecule has 0 fully saturated rings. The largest absolute Gasteiger partial charge is 0.370 e. The molecule has 1 atom stereocenters. The van der Waals surface area contributed by atoms with Gasteiger partial charge in [0.05, 0.1) is 6.04 Å². The maximum atomic E-state index is 5.88. The monoisotopic (exact) mass is 213 g/mol. The zero-order valence-electron chi connectivity index (χ0n) is 10.9. The van der Waals surface area contributed by atoms with Gasteiger partial charge in [-0.1, -0.05) is 34.6 Å². The molecule has 90 valence electrons. The van der Waals surface area contributed by atoms with Crippen molar-refractivity contribution in [2.24, 2.45) is 16.6 Å². The van der Waals surface area contributed by atoms with Gasteiger partial charge in [-0.25, -0.2) is 4.99 Å². The normalized spacial score (nSPS) is 14.7. The van der Waals surface area contributed by atoms with E-state index in [1.165, 1.54) is 0 Å². The second-order valence-corrected chi connectivity index (χ2v) is 4.39. The van der Waals surface area contributed by atoms with Gasteiger partial charge < -0.3 is 11.1 Å². The molecule has 3 N–H and O–H groups in total. The number of aliphatic imine (C=N–C) groups is 1. The number of nitrogens with one attached hydrogen (secondary N) is 1. The molecule has 0 aromatic heterocycles. The average Bonchev–Trinajstić information content (AvgIpc) is 2.22. The minimum Gasteiger partial charge on any atom is -0.370 e. The van der Waals surface area contributed by atoms with Crippen molar-refractivity contribution in [2.45, 2.75) is 66.0 Å². The molecule has 3 heteroatoms. The predicted octanol–water partition coefficient (Wildman–Crippen LogP) is 2.51. The van der Waals surface area contributed by atoms with Gasteiger partial charge in [-0.05, 0) is 25.2 Å². The van der Waals surface area contributed by atoms with E-state index in [2.05, 4.69) is 44.9 Å². The van der Waals surface area contributed by atoms with Crippen LogP contribution >= 0.6 is 0 Å². The van der Waals surface area contributed by atoms with E-state index in [0.717, 1.165) is 19.3 Å². The van der Waals surface area contributed by atoms with Crippen LogP contribution in [0.4, 0.5) is 0 Å². The van der Waals surface area contributed by atoms with Crippen LogP contribution in [0.2, 0.25) is 0 Å². The summed E-state index contributed by atoms with van der Waals surface area (Å²) in [7, 11) is 0. The predicted molar refractivity (Wildman–Crippen MR) is 68.0 cm³/mol. The van der Waals surface area contributed by atoms with E-state index in [-0.39, 0.29) is 0 Å². The van der Waals surface area contributed by atoms with Gasteiger partial charge in [0.2, 0.25) is 0 Å². The molecule has 3 nitrogen and oxygen atoms in total. The lowest BCUT2D eigenvalue weighted by atomic mass is 10.0. The van der Waals surface area contributed by atoms with Crippen molar-refractivity contribution in [3.8, 4) is 0 Å². The first kappa shape index (κ1) is 14.3. The molecule has 0 aromatic carbocycles. The highest BCUT2D eigenvalue weighted by molar-refractivity contribution is 5.78. The van der Waals surface area contributed by atoms with Gasteiger partial charge >= 0.3 is 0 Å². The topological polar surface area (TPSA) is 50.4 Å². The van der Waals surface area contributed by atoms with Crippen LogP contribution in [-0.4, -0.2) is 18.0 Å². The van der Waals surface area contributed by atoms with Gasteiger partial charge in [0, 0.05) is 6.04 Å². The van der Waals surface area contributed by atoms with Gasteiger partial charge in [0.15, 0.2) is 5.96 Å². The molecule has 0 amide bonds. The van der Waals surface area contributed by atoms with Crippen molar-refractivity contribution in [3.63, 3.8) is 0 Å². The fourth-order valence-electron chi connectivity index (χ4n) is 1.63. The van der Waals surface area contributed by atoms with Crippen LogP contribution in [0.3, 0.4) is 0 Å². The molecule has 0 radical (unpaired) electrons. The highest BCUT2D eigenvalue weighted by Crippen LogP contribution is 2.09. The molecule has 0 aromatic rings. The summed E-state index contributed by atoms with van der Waals surface area (Å²) < 4.78 is 0. The minimum atomic E-state index is 0.340. The molecule has 0 saturated heterocycles. The highest BCUT2D eigenvalue weighted by atomic mass is 15.1. The molecule has 0 rings (SSSR count). The first-order valence-corrected chi connectivity index (χ1v) is 6.14. The van der Waals surface area contributed by atoms with Crippen LogP contribution in [0.25, 0.3) is 0 Å². The first-order valence-electron chi connectivity index (χ1n) is 6.14. The standard InChI is InChI=1S/C12H27N3/c1-6-10(7-2)14-12(13)15-11(8-3)9(4)5/h9-11H,6-8H2,1-5H3,(H3,13,14,15). The molecule has 15 heavy (non-hydrogen) atoms. The molecular formula is C12H27N3. The second-order valence-electron chi connectivity index (χ2n) is 4.39. The summed E-state index contributed by atoms with van der Waals surface area (Å²) >= 11 is 0. The lowest BCUT2D eigenvalue weighted by Crippen LogP contribution is -2.40. The van der Waals surface area contributed by atoms with Gasteiger partial charge in [0.25, 0.3) is 0 Å². The molecule has 0 heterocycles. The third-order valence-electron chi connectivity index (χ3n) is 2.83. The molecular weight excluding hydrogens is 186 g/mol. The highest BCUT2D eigenvalue weighted by Gasteiger charge is 2.10. The molecule has 0 saturated carbocycles. The Hall–Kier alpha value is -0.730. The van der Waals surface area contributed by atoms with Crippen molar-refractivity contribution in [1.82, 2.24) is 5.32 Å². The summed E-state index contributed by atoms with van der Waals surface area (Å²) in [5.74, 6) is 1.15. The number of rotatable bonds is 6. The lowest BCUT2D eigenvalue weighted by molar-refractivity contribution is 0.477. The Labute approximate surface area is 94.5 Å². The van der Waals surface area contributed by atoms with Gasteiger partial charge in [0.1, 0.15) is 0 Å². The number of hydrogen-bond donors (Lipinski definition) is 2. The molecule has 0 aliphatic carbocycles. The Balaban J connectivity index is 4.27. The number of nitrogens with zero attached hydrogens (tertiary/aromatic N) is 1. The quantitative estimate of drug-likeness (QED) is 0.526. The van der Waals surface area contributed by atoms with E-state index in [9.17, 15) is 0 Å². The van der Waals surface area contributed by atoms with Gasteiger partial charge in [-0.3, -0.25) is 0 Å². The van der Waals surface area contributed by atoms with E-state index in [1.807, 2.05) is 0 Å². The fourth-order valence-corrected chi connectivity index (χ4v) is 1.63. The smallest absolute Gasteiger partial charge is 0.189 e. The Kier molecular flexibility index (Phi) is 7.18. The maximum Gasteiger partial charge on any atom is 0.189 e. The molecule has 0 aliphatic rings. The van der Waals surface area contributed by atoms with Crippen molar-refractivity contribution in [3.05, 3.63) is 0 Å². The molecule has 0 aliphatic heterocycles. The van der Waals surface area contributed by atoms with Crippen molar-refractivity contribution in [1.29, 1.82) is 0 Å². The average molecular weight is 213 g/mol. The Morgan fingerprint density at radius 3 is 2.00 bits per heavy atom. The van der Waals surface area contributed by atoms with Gasteiger partial charge in [-0.2, -0.15) is 0 Å². The van der Waals surface area contributed by atoms with Gasteiger partial charge in [-0.15, -0.1) is 0 Å². The molecule has 1 unspecified atom stereocenters. The maximum absolute atomic E-state index is 5.88. The van der Waals surface area contributed by atoms with E-state index >= 15 is 0 Å². The zero-order chi connectivity index (χ0) is 11.8. The van der Waals surface area contributed by atoms with Crippen LogP contribution in [0, 0.1) is 5.92 Å². The van der Waals surface area contributed by atoms with E-state index < -0.39 is 0 Å². The van der Waals surface area contributed by atoms with Crippen LogP contribution in [0.5, 0.6) is 0 Å². The lowest BCUT2D eigenvalue weighted by Gasteiger charge is -2.19. The fraction of sp³-hybridized carbons (Fsp3) is 0.917. The number of guanidine groups is 1. The second kappa shape index (κ2) is 7.55. The Morgan fingerprint density at radius 1 is 1.13 bits per heavy atom. The summed E-state index contributed by atoms with van der Waals surface area (Å²) in [6.07, 6.45) is 3.22. The first-order chi connectivity index (χ1) is 7.04. The Bertz CT molecular complexity index is 183. The van der Waals surface area contributed by atoms with Crippen molar-refractivity contribution < 1.29 is 0 Å².